The lowest BCUT2D eigenvalue weighted by Crippen LogP contribution is -2.55. The van der Waals surface area contributed by atoms with E-state index in [1.54, 1.807) is 0 Å². The molecule has 0 aromatic carbocycles. The zero-order valence-electron chi connectivity index (χ0n) is 9.80. The summed E-state index contributed by atoms with van der Waals surface area (Å²) in [6.45, 7) is 12.3. The molecule has 13 heavy (non-hydrogen) atoms. The Balaban J connectivity index is 2.12. The van der Waals surface area contributed by atoms with E-state index in [1.165, 1.54) is 12.8 Å². The highest BCUT2D eigenvalue weighted by atomic mass is 14.6. The molecule has 0 nitrogen and oxygen atoms in total. The van der Waals surface area contributed by atoms with Gasteiger partial charge in [-0.15, -0.1) is 0 Å². The largest absolute Gasteiger partial charge is 0.0625 e. The highest BCUT2D eigenvalue weighted by molar-refractivity contribution is 5.05. The Hall–Kier alpha value is 0. The lowest BCUT2D eigenvalue weighted by molar-refractivity contribution is -0.137. The first-order valence-electron chi connectivity index (χ1n) is 5.94. The molecule has 0 saturated heterocycles. The predicted molar refractivity (Wildman–Crippen MR) is 57.5 cm³/mol. The van der Waals surface area contributed by atoms with Gasteiger partial charge in [0.25, 0.3) is 0 Å². The van der Waals surface area contributed by atoms with E-state index >= 15 is 0 Å². The van der Waals surface area contributed by atoms with Crippen molar-refractivity contribution in [1.82, 2.24) is 0 Å². The van der Waals surface area contributed by atoms with Crippen molar-refractivity contribution in [2.75, 3.05) is 0 Å². The second kappa shape index (κ2) is 2.74. The molecule has 0 spiro atoms. The first-order valence-corrected chi connectivity index (χ1v) is 5.94. The maximum atomic E-state index is 2.49. The highest BCUT2D eigenvalue weighted by Crippen LogP contribution is 2.63. The van der Waals surface area contributed by atoms with Crippen molar-refractivity contribution in [1.29, 1.82) is 0 Å². The van der Waals surface area contributed by atoms with Crippen LogP contribution in [0.1, 0.15) is 47.5 Å². The van der Waals surface area contributed by atoms with Crippen molar-refractivity contribution >= 4 is 0 Å². The van der Waals surface area contributed by atoms with Crippen LogP contribution in [-0.2, 0) is 0 Å². The van der Waals surface area contributed by atoms with Crippen LogP contribution >= 0.6 is 0 Å². The molecule has 0 amide bonds. The number of hydrogen-bond acceptors (Lipinski definition) is 0. The maximum absolute atomic E-state index is 2.49. The van der Waals surface area contributed by atoms with E-state index in [2.05, 4.69) is 34.6 Å². The van der Waals surface area contributed by atoms with E-state index in [-0.39, 0.29) is 0 Å². The summed E-state index contributed by atoms with van der Waals surface area (Å²) in [6.07, 6.45) is 3.03. The Kier molecular flexibility index (Phi) is 2.02. The molecular formula is C13H24. The van der Waals surface area contributed by atoms with Gasteiger partial charge in [-0.3, -0.25) is 0 Å². The van der Waals surface area contributed by atoms with E-state index in [0.29, 0.717) is 5.41 Å². The fraction of sp³-hybridized carbons (Fsp3) is 1.00. The van der Waals surface area contributed by atoms with E-state index in [9.17, 15) is 0 Å². The van der Waals surface area contributed by atoms with Gasteiger partial charge in [0.05, 0.1) is 0 Å². The highest BCUT2D eigenvalue weighted by Gasteiger charge is 2.56. The molecule has 0 radical (unpaired) electrons. The third-order valence-electron chi connectivity index (χ3n) is 5.27. The fourth-order valence-corrected chi connectivity index (χ4v) is 4.07. The molecule has 3 saturated carbocycles. The molecule has 0 heteroatoms. The molecule has 0 aromatic rings. The molecule has 0 aromatic heterocycles. The molecule has 0 aliphatic heterocycles. The normalized spacial score (nSPS) is 47.5. The summed E-state index contributed by atoms with van der Waals surface area (Å²) < 4.78 is 0. The SMILES string of the molecule is CC(C)[C@H]1C[C@H]2CC([C@@H]1C)C2(C)C. The molecule has 3 aliphatic rings. The Morgan fingerprint density at radius 3 is 2.15 bits per heavy atom. The summed E-state index contributed by atoms with van der Waals surface area (Å²) in [4.78, 5) is 0. The molecule has 3 rings (SSSR count). The molecular weight excluding hydrogens is 156 g/mol. The molecule has 1 unspecified atom stereocenters. The molecule has 76 valence electrons. The van der Waals surface area contributed by atoms with Gasteiger partial charge in [0.2, 0.25) is 0 Å². The van der Waals surface area contributed by atoms with E-state index in [4.69, 9.17) is 0 Å². The van der Waals surface area contributed by atoms with Crippen molar-refractivity contribution < 1.29 is 0 Å². The Morgan fingerprint density at radius 1 is 1.15 bits per heavy atom. The van der Waals surface area contributed by atoms with Crippen LogP contribution < -0.4 is 0 Å². The lowest BCUT2D eigenvalue weighted by Gasteiger charge is -2.63. The summed E-state index contributed by atoms with van der Waals surface area (Å²) in [5.41, 5.74) is 0.671. The third kappa shape index (κ3) is 1.17. The monoisotopic (exact) mass is 180 g/mol. The zero-order chi connectivity index (χ0) is 9.80. The van der Waals surface area contributed by atoms with Crippen LogP contribution in [0.15, 0.2) is 0 Å². The molecule has 0 heterocycles. The van der Waals surface area contributed by atoms with Gasteiger partial charge >= 0.3 is 0 Å². The minimum absolute atomic E-state index is 0.671. The van der Waals surface area contributed by atoms with Gasteiger partial charge in [-0.1, -0.05) is 34.6 Å². The number of hydrogen-bond donors (Lipinski definition) is 0. The molecule has 3 fully saturated rings. The van der Waals surface area contributed by atoms with Crippen molar-refractivity contribution in [3.05, 3.63) is 0 Å². The van der Waals surface area contributed by atoms with Gasteiger partial charge in [-0.05, 0) is 47.8 Å². The van der Waals surface area contributed by atoms with Crippen molar-refractivity contribution in [3.63, 3.8) is 0 Å². The molecule has 3 aliphatic carbocycles. The summed E-state index contributed by atoms with van der Waals surface area (Å²) in [5.74, 6) is 4.95. The molecule has 2 bridgehead atoms. The van der Waals surface area contributed by atoms with Crippen molar-refractivity contribution in [2.24, 2.45) is 35.0 Å². The van der Waals surface area contributed by atoms with Crippen LogP contribution in [0.25, 0.3) is 0 Å². The Labute approximate surface area is 83.1 Å². The van der Waals surface area contributed by atoms with Gasteiger partial charge in [-0.25, -0.2) is 0 Å². The van der Waals surface area contributed by atoms with Crippen LogP contribution in [0, 0.1) is 35.0 Å². The average molecular weight is 180 g/mol. The first-order chi connectivity index (χ1) is 5.94. The topological polar surface area (TPSA) is 0 Å². The zero-order valence-corrected chi connectivity index (χ0v) is 9.80. The minimum Gasteiger partial charge on any atom is -0.0625 e. The van der Waals surface area contributed by atoms with Gasteiger partial charge in [0.1, 0.15) is 0 Å². The van der Waals surface area contributed by atoms with Crippen molar-refractivity contribution in [2.45, 2.75) is 47.5 Å². The van der Waals surface area contributed by atoms with Crippen LogP contribution in [0.4, 0.5) is 0 Å². The van der Waals surface area contributed by atoms with Crippen LogP contribution in [0.5, 0.6) is 0 Å². The van der Waals surface area contributed by atoms with Gasteiger partial charge in [0, 0.05) is 0 Å². The summed E-state index contributed by atoms with van der Waals surface area (Å²) in [7, 11) is 0. The molecule has 0 N–H and O–H groups in total. The second-order valence-corrected chi connectivity index (χ2v) is 6.36. The quantitative estimate of drug-likeness (QED) is 0.573. The summed E-state index contributed by atoms with van der Waals surface area (Å²) in [6, 6.07) is 0. The summed E-state index contributed by atoms with van der Waals surface area (Å²) >= 11 is 0. The summed E-state index contributed by atoms with van der Waals surface area (Å²) in [5, 5.41) is 0. The van der Waals surface area contributed by atoms with Crippen LogP contribution in [-0.4, -0.2) is 0 Å². The minimum atomic E-state index is 0.671. The number of fused-ring (bicyclic) bond motifs is 2. The fourth-order valence-electron chi connectivity index (χ4n) is 4.07. The number of rotatable bonds is 1. The lowest BCUT2D eigenvalue weighted by atomic mass is 9.42. The Morgan fingerprint density at radius 2 is 1.77 bits per heavy atom. The van der Waals surface area contributed by atoms with Crippen LogP contribution in [0.3, 0.4) is 0 Å². The third-order valence-corrected chi connectivity index (χ3v) is 5.27. The van der Waals surface area contributed by atoms with Crippen LogP contribution in [0.2, 0.25) is 0 Å². The molecule has 4 atom stereocenters. The Bertz CT molecular complexity index is 200. The predicted octanol–water partition coefficient (Wildman–Crippen LogP) is 3.96. The average Bonchev–Trinajstić information content (AvgIpc) is 2.02. The smallest absolute Gasteiger partial charge is 0.0295 e. The van der Waals surface area contributed by atoms with Gasteiger partial charge in [0.15, 0.2) is 0 Å². The van der Waals surface area contributed by atoms with E-state index in [1.807, 2.05) is 0 Å². The van der Waals surface area contributed by atoms with Gasteiger partial charge < -0.3 is 0 Å². The van der Waals surface area contributed by atoms with Crippen molar-refractivity contribution in [3.8, 4) is 0 Å². The van der Waals surface area contributed by atoms with Gasteiger partial charge in [-0.2, -0.15) is 0 Å². The standard InChI is InChI=1S/C13H24/c1-8(2)11-6-10-7-12(9(11)3)13(10,4)5/h8-12H,6-7H2,1-5H3/t9-,10+,11-,12?/m1/s1. The first kappa shape index (κ1) is 9.55. The van der Waals surface area contributed by atoms with E-state index in [0.717, 1.165) is 29.6 Å². The second-order valence-electron chi connectivity index (χ2n) is 6.36. The maximum Gasteiger partial charge on any atom is -0.0295 e. The van der Waals surface area contributed by atoms with E-state index < -0.39 is 0 Å².